The predicted octanol–water partition coefficient (Wildman–Crippen LogP) is 1.30. The first-order valence-electron chi connectivity index (χ1n) is 4.13. The molecule has 13 heavy (non-hydrogen) atoms. The second-order valence-electron chi connectivity index (χ2n) is 3.10. The van der Waals surface area contributed by atoms with Crippen LogP contribution in [0.25, 0.3) is 0 Å². The average molecular weight is 169 g/mol. The van der Waals surface area contributed by atoms with Gasteiger partial charge < -0.3 is 0 Å². The average Bonchev–Trinajstić information content (AvgIpc) is 2.58. The molecule has 3 rings (SSSR count). The van der Waals surface area contributed by atoms with E-state index >= 15 is 0 Å². The van der Waals surface area contributed by atoms with E-state index in [2.05, 4.69) is 15.0 Å². The van der Waals surface area contributed by atoms with Crippen LogP contribution in [0.15, 0.2) is 51.1 Å². The molecule has 0 aromatic carbocycles. The van der Waals surface area contributed by atoms with Crippen molar-refractivity contribution in [1.29, 1.82) is 0 Å². The standard InChI is InChI=1S/C10H7N3/c1-2-8-6-11-7-13-10(8)4-5-12-9(10)3-1/h1-7H. The summed E-state index contributed by atoms with van der Waals surface area (Å²) in [5, 5.41) is 0. The van der Waals surface area contributed by atoms with E-state index in [0.717, 1.165) is 11.3 Å². The number of nitrogens with zero attached hydrogens (tertiary/aromatic N) is 3. The third-order valence-corrected chi connectivity index (χ3v) is 2.43. The number of aliphatic imine (C=N–C) groups is 3. The lowest BCUT2D eigenvalue weighted by molar-refractivity contribution is 0.862. The molecule has 2 aliphatic heterocycles. The van der Waals surface area contributed by atoms with E-state index in [1.807, 2.05) is 30.5 Å². The molecule has 1 spiro atoms. The van der Waals surface area contributed by atoms with Crippen molar-refractivity contribution in [3.63, 3.8) is 0 Å². The fourth-order valence-corrected chi connectivity index (χ4v) is 1.76. The molecule has 1 unspecified atom stereocenters. The first kappa shape index (κ1) is 6.71. The van der Waals surface area contributed by atoms with E-state index in [0.29, 0.717) is 0 Å². The molecule has 3 heteroatoms. The van der Waals surface area contributed by atoms with Gasteiger partial charge >= 0.3 is 0 Å². The Morgan fingerprint density at radius 3 is 3.31 bits per heavy atom. The van der Waals surface area contributed by atoms with Crippen molar-refractivity contribution < 1.29 is 0 Å². The molecular formula is C10H7N3. The number of allylic oxidation sites excluding steroid dienone is 2. The molecule has 3 aliphatic rings. The lowest BCUT2D eigenvalue weighted by Crippen LogP contribution is -2.37. The molecule has 0 N–H and O–H groups in total. The summed E-state index contributed by atoms with van der Waals surface area (Å²) in [6.45, 7) is 0. The Morgan fingerprint density at radius 2 is 2.31 bits per heavy atom. The van der Waals surface area contributed by atoms with Gasteiger partial charge in [0.05, 0.1) is 5.71 Å². The Hall–Kier alpha value is -1.77. The number of rotatable bonds is 0. The fourth-order valence-electron chi connectivity index (χ4n) is 1.76. The molecule has 0 fully saturated rings. The summed E-state index contributed by atoms with van der Waals surface area (Å²) < 4.78 is 0. The summed E-state index contributed by atoms with van der Waals surface area (Å²) in [6, 6.07) is 0. The van der Waals surface area contributed by atoms with Crippen molar-refractivity contribution in [3.05, 3.63) is 36.1 Å². The van der Waals surface area contributed by atoms with Crippen molar-refractivity contribution >= 4 is 18.3 Å². The topological polar surface area (TPSA) is 37.1 Å². The van der Waals surface area contributed by atoms with Crippen LogP contribution in [-0.2, 0) is 0 Å². The Balaban J connectivity index is 2.28. The predicted molar refractivity (Wildman–Crippen MR) is 53.5 cm³/mol. The van der Waals surface area contributed by atoms with Gasteiger partial charge in [-0.3, -0.25) is 9.98 Å². The van der Waals surface area contributed by atoms with Crippen LogP contribution in [0.1, 0.15) is 0 Å². The quantitative estimate of drug-likeness (QED) is 0.524. The molecular weight excluding hydrogens is 162 g/mol. The number of hydrogen-bond acceptors (Lipinski definition) is 3. The lowest BCUT2D eigenvalue weighted by atomic mass is 9.83. The SMILES string of the molecule is C1=CC2=NC=CC23N=CN=CC3=C1. The van der Waals surface area contributed by atoms with Crippen molar-refractivity contribution in [2.75, 3.05) is 0 Å². The molecule has 0 aromatic rings. The van der Waals surface area contributed by atoms with E-state index in [1.165, 1.54) is 0 Å². The molecule has 2 heterocycles. The maximum absolute atomic E-state index is 4.38. The Morgan fingerprint density at radius 1 is 1.31 bits per heavy atom. The minimum absolute atomic E-state index is 0.351. The van der Waals surface area contributed by atoms with Gasteiger partial charge in [-0.25, -0.2) is 4.99 Å². The van der Waals surface area contributed by atoms with Gasteiger partial charge in [-0.05, 0) is 12.2 Å². The Labute approximate surface area is 75.6 Å². The van der Waals surface area contributed by atoms with Gasteiger partial charge in [-0.15, -0.1) is 0 Å². The second kappa shape index (κ2) is 2.13. The first-order valence-corrected chi connectivity index (χ1v) is 4.13. The van der Waals surface area contributed by atoms with E-state index in [-0.39, 0.29) is 5.54 Å². The number of hydrogen-bond donors (Lipinski definition) is 0. The first-order chi connectivity index (χ1) is 6.42. The summed E-state index contributed by atoms with van der Waals surface area (Å²) in [7, 11) is 0. The largest absolute Gasteiger partial charge is 0.258 e. The van der Waals surface area contributed by atoms with E-state index in [9.17, 15) is 0 Å². The van der Waals surface area contributed by atoms with Crippen LogP contribution in [0, 0.1) is 0 Å². The third kappa shape index (κ3) is 0.710. The van der Waals surface area contributed by atoms with E-state index in [4.69, 9.17) is 0 Å². The molecule has 0 saturated carbocycles. The smallest absolute Gasteiger partial charge is 0.151 e. The second-order valence-corrected chi connectivity index (χ2v) is 3.10. The highest BCUT2D eigenvalue weighted by Crippen LogP contribution is 2.33. The summed E-state index contributed by atoms with van der Waals surface area (Å²) in [5.41, 5.74) is 1.72. The highest BCUT2D eigenvalue weighted by molar-refractivity contribution is 6.16. The summed E-state index contributed by atoms with van der Waals surface area (Å²) in [6.07, 6.45) is 13.2. The summed E-state index contributed by atoms with van der Waals surface area (Å²) in [4.78, 5) is 12.7. The van der Waals surface area contributed by atoms with Gasteiger partial charge in [0.2, 0.25) is 0 Å². The van der Waals surface area contributed by atoms with Crippen molar-refractivity contribution in [1.82, 2.24) is 0 Å². The van der Waals surface area contributed by atoms with Crippen LogP contribution < -0.4 is 0 Å². The molecule has 1 atom stereocenters. The van der Waals surface area contributed by atoms with E-state index < -0.39 is 0 Å². The van der Waals surface area contributed by atoms with Crippen LogP contribution in [0.3, 0.4) is 0 Å². The molecule has 1 aliphatic carbocycles. The van der Waals surface area contributed by atoms with Gasteiger partial charge in [0.25, 0.3) is 0 Å². The third-order valence-electron chi connectivity index (χ3n) is 2.43. The van der Waals surface area contributed by atoms with Crippen molar-refractivity contribution in [2.24, 2.45) is 15.0 Å². The molecule has 0 aromatic heterocycles. The summed E-state index contributed by atoms with van der Waals surface area (Å²) in [5.74, 6) is 0. The molecule has 0 radical (unpaired) electrons. The molecule has 0 amide bonds. The van der Waals surface area contributed by atoms with Crippen LogP contribution in [0.5, 0.6) is 0 Å². The molecule has 0 saturated heterocycles. The van der Waals surface area contributed by atoms with Gasteiger partial charge in [-0.2, -0.15) is 0 Å². The normalized spacial score (nSPS) is 32.6. The highest BCUT2D eigenvalue weighted by atomic mass is 15.0. The maximum Gasteiger partial charge on any atom is 0.151 e. The van der Waals surface area contributed by atoms with Crippen LogP contribution in [0.4, 0.5) is 0 Å². The minimum Gasteiger partial charge on any atom is -0.258 e. The van der Waals surface area contributed by atoms with Crippen molar-refractivity contribution in [2.45, 2.75) is 5.54 Å². The monoisotopic (exact) mass is 169 g/mol. The lowest BCUT2D eigenvalue weighted by Gasteiger charge is -2.28. The highest BCUT2D eigenvalue weighted by Gasteiger charge is 2.39. The Kier molecular flexibility index (Phi) is 1.10. The Bertz CT molecular complexity index is 435. The molecule has 62 valence electrons. The van der Waals surface area contributed by atoms with E-state index in [1.54, 1.807) is 12.5 Å². The molecule has 0 bridgehead atoms. The maximum atomic E-state index is 4.38. The van der Waals surface area contributed by atoms with Gasteiger partial charge in [0.1, 0.15) is 6.34 Å². The van der Waals surface area contributed by atoms with Crippen LogP contribution >= 0.6 is 0 Å². The van der Waals surface area contributed by atoms with Crippen LogP contribution in [-0.4, -0.2) is 23.8 Å². The fraction of sp³-hybridized carbons (Fsp3) is 0.100. The zero-order valence-corrected chi connectivity index (χ0v) is 6.88. The zero-order chi connectivity index (χ0) is 8.73. The molecule has 3 nitrogen and oxygen atoms in total. The van der Waals surface area contributed by atoms with Crippen LogP contribution in [0.2, 0.25) is 0 Å². The van der Waals surface area contributed by atoms with Gasteiger partial charge in [0, 0.05) is 18.0 Å². The minimum atomic E-state index is -0.351. The summed E-state index contributed by atoms with van der Waals surface area (Å²) >= 11 is 0. The van der Waals surface area contributed by atoms with Crippen molar-refractivity contribution in [3.8, 4) is 0 Å². The van der Waals surface area contributed by atoms with Gasteiger partial charge in [0.15, 0.2) is 5.54 Å². The zero-order valence-electron chi connectivity index (χ0n) is 6.88. The van der Waals surface area contributed by atoms with Gasteiger partial charge in [-0.1, -0.05) is 12.2 Å².